The van der Waals surface area contributed by atoms with Crippen LogP contribution in [0.25, 0.3) is 0 Å². The fourth-order valence-electron chi connectivity index (χ4n) is 3.40. The van der Waals surface area contributed by atoms with Crippen molar-refractivity contribution in [1.82, 2.24) is 0 Å². The third kappa shape index (κ3) is 5.72. The second kappa shape index (κ2) is 10.8. The minimum absolute atomic E-state index is 0.217. The summed E-state index contributed by atoms with van der Waals surface area (Å²) in [7, 11) is 0. The van der Waals surface area contributed by atoms with Crippen LogP contribution in [0, 0.1) is 0 Å². The second-order valence-corrected chi connectivity index (χ2v) is 8.39. The second-order valence-electron chi connectivity index (χ2n) is 7.22. The van der Waals surface area contributed by atoms with Crippen molar-refractivity contribution in [1.29, 1.82) is 0 Å². The summed E-state index contributed by atoms with van der Waals surface area (Å²) in [6, 6.07) is 30.1. The Hall–Kier alpha value is -2.15. The normalized spacial score (nSPS) is 23.9. The Labute approximate surface area is 181 Å². The molecule has 0 aromatic heterocycles. The Morgan fingerprint density at radius 1 is 0.733 bits per heavy atom. The van der Waals surface area contributed by atoms with Crippen LogP contribution in [-0.4, -0.2) is 35.5 Å². The highest BCUT2D eigenvalue weighted by Crippen LogP contribution is 2.34. The molecule has 3 aromatic rings. The van der Waals surface area contributed by atoms with E-state index in [4.69, 9.17) is 14.2 Å². The van der Waals surface area contributed by atoms with Crippen LogP contribution >= 0.6 is 11.8 Å². The van der Waals surface area contributed by atoms with Gasteiger partial charge >= 0.3 is 0 Å². The quantitative estimate of drug-likeness (QED) is 0.572. The number of rotatable bonds is 8. The first-order chi connectivity index (χ1) is 14.8. The molecular weight excluding hydrogens is 396 g/mol. The van der Waals surface area contributed by atoms with Gasteiger partial charge in [0.25, 0.3) is 0 Å². The summed E-state index contributed by atoms with van der Waals surface area (Å²) in [5.74, 6) is 0. The van der Waals surface area contributed by atoms with Crippen molar-refractivity contribution in [3.63, 3.8) is 0 Å². The Morgan fingerprint density at radius 3 is 1.80 bits per heavy atom. The molecule has 1 fully saturated rings. The molecular formula is C25H26O4S. The third-order valence-corrected chi connectivity index (χ3v) is 6.15. The summed E-state index contributed by atoms with van der Waals surface area (Å²) in [5, 5.41) is 10.7. The van der Waals surface area contributed by atoms with Gasteiger partial charge in [0, 0.05) is 4.90 Å². The summed E-state index contributed by atoms with van der Waals surface area (Å²) in [4.78, 5) is 1.09. The fraction of sp³-hybridized carbons (Fsp3) is 0.280. The number of benzene rings is 3. The molecule has 0 spiro atoms. The van der Waals surface area contributed by atoms with Crippen molar-refractivity contribution < 1.29 is 19.3 Å². The molecule has 4 unspecified atom stereocenters. The first kappa shape index (κ1) is 21.1. The van der Waals surface area contributed by atoms with Crippen LogP contribution in [0.3, 0.4) is 0 Å². The maximum absolute atomic E-state index is 10.7. The van der Waals surface area contributed by atoms with E-state index >= 15 is 0 Å². The van der Waals surface area contributed by atoms with Gasteiger partial charge in [-0.05, 0) is 23.3 Å². The molecule has 1 aliphatic heterocycles. The third-order valence-electron chi connectivity index (χ3n) is 4.97. The molecule has 156 valence electrons. The Balaban J connectivity index is 1.50. The molecule has 0 radical (unpaired) electrons. The molecule has 4 nitrogen and oxygen atoms in total. The van der Waals surface area contributed by atoms with Gasteiger partial charge in [-0.3, -0.25) is 0 Å². The van der Waals surface area contributed by atoms with Crippen LogP contribution in [0.2, 0.25) is 0 Å². The molecule has 1 heterocycles. The Bertz CT molecular complexity index is 875. The molecule has 0 bridgehead atoms. The SMILES string of the molecule is OC1COC(Sc2ccccc2)C(OCc2ccccc2)C1OCc1ccccc1. The number of ether oxygens (including phenoxy) is 3. The number of hydrogen-bond acceptors (Lipinski definition) is 5. The smallest absolute Gasteiger partial charge is 0.136 e. The lowest BCUT2D eigenvalue weighted by Gasteiger charge is -2.40. The van der Waals surface area contributed by atoms with E-state index in [1.807, 2.05) is 91.0 Å². The summed E-state index contributed by atoms with van der Waals surface area (Å²) in [5.41, 5.74) is 1.85. The number of hydrogen-bond donors (Lipinski definition) is 1. The number of aliphatic hydroxyl groups excluding tert-OH is 1. The van der Waals surface area contributed by atoms with Gasteiger partial charge in [0.2, 0.25) is 0 Å². The molecule has 4 rings (SSSR count). The van der Waals surface area contributed by atoms with Crippen molar-refractivity contribution in [3.8, 4) is 0 Å². The number of aliphatic hydroxyl groups is 1. The molecule has 1 saturated heterocycles. The Morgan fingerprint density at radius 2 is 1.23 bits per heavy atom. The van der Waals surface area contributed by atoms with E-state index in [2.05, 4.69) is 0 Å². The van der Waals surface area contributed by atoms with Gasteiger partial charge in [-0.1, -0.05) is 90.6 Å². The molecule has 1 aliphatic rings. The number of thioether (sulfide) groups is 1. The minimum atomic E-state index is -0.748. The molecule has 0 saturated carbocycles. The van der Waals surface area contributed by atoms with E-state index < -0.39 is 18.3 Å². The summed E-state index contributed by atoms with van der Waals surface area (Å²) in [6.45, 7) is 1.06. The van der Waals surface area contributed by atoms with Crippen molar-refractivity contribution in [2.45, 2.75) is 41.9 Å². The Kier molecular flexibility index (Phi) is 7.56. The standard InChI is InChI=1S/C25H26O4S/c26-22-18-29-25(30-21-14-8-3-9-15-21)24(28-17-20-12-6-2-7-13-20)23(22)27-16-19-10-4-1-5-11-19/h1-15,22-26H,16-18H2. The zero-order chi connectivity index (χ0) is 20.6. The summed E-state index contributed by atoms with van der Waals surface area (Å²) < 4.78 is 18.5. The van der Waals surface area contributed by atoms with Gasteiger partial charge in [-0.15, -0.1) is 0 Å². The molecule has 5 heteroatoms. The van der Waals surface area contributed by atoms with E-state index in [1.54, 1.807) is 11.8 Å². The van der Waals surface area contributed by atoms with Crippen LogP contribution in [0.5, 0.6) is 0 Å². The first-order valence-electron chi connectivity index (χ1n) is 10.1. The van der Waals surface area contributed by atoms with Gasteiger partial charge in [0.1, 0.15) is 23.7 Å². The molecule has 1 N–H and O–H groups in total. The average Bonchev–Trinajstić information content (AvgIpc) is 2.80. The van der Waals surface area contributed by atoms with Crippen LogP contribution in [0.4, 0.5) is 0 Å². The predicted octanol–water partition coefficient (Wildman–Crippen LogP) is 4.67. The van der Waals surface area contributed by atoms with Gasteiger partial charge in [0.15, 0.2) is 0 Å². The summed E-state index contributed by atoms with van der Waals surface area (Å²) in [6.07, 6.45) is -1.64. The topological polar surface area (TPSA) is 47.9 Å². The zero-order valence-electron chi connectivity index (χ0n) is 16.7. The van der Waals surface area contributed by atoms with Crippen LogP contribution in [-0.2, 0) is 27.4 Å². The molecule has 0 aliphatic carbocycles. The molecule has 3 aromatic carbocycles. The van der Waals surface area contributed by atoms with Crippen molar-refractivity contribution >= 4 is 11.8 Å². The largest absolute Gasteiger partial charge is 0.388 e. The van der Waals surface area contributed by atoms with E-state index in [0.717, 1.165) is 16.0 Å². The lowest BCUT2D eigenvalue weighted by Crippen LogP contribution is -2.54. The van der Waals surface area contributed by atoms with Crippen LogP contribution in [0.15, 0.2) is 95.9 Å². The molecule has 30 heavy (non-hydrogen) atoms. The van der Waals surface area contributed by atoms with E-state index in [9.17, 15) is 5.11 Å². The summed E-state index contributed by atoms with van der Waals surface area (Å²) >= 11 is 1.60. The van der Waals surface area contributed by atoms with Gasteiger partial charge in [-0.2, -0.15) is 0 Å². The maximum atomic E-state index is 10.7. The fourth-order valence-corrected chi connectivity index (χ4v) is 4.50. The van der Waals surface area contributed by atoms with E-state index in [-0.39, 0.29) is 12.0 Å². The molecule has 0 amide bonds. The van der Waals surface area contributed by atoms with E-state index in [0.29, 0.717) is 13.2 Å². The van der Waals surface area contributed by atoms with Crippen LogP contribution < -0.4 is 0 Å². The van der Waals surface area contributed by atoms with Gasteiger partial charge in [0.05, 0.1) is 19.8 Å². The van der Waals surface area contributed by atoms with Gasteiger partial charge in [-0.25, -0.2) is 0 Å². The van der Waals surface area contributed by atoms with Crippen molar-refractivity contribution in [2.24, 2.45) is 0 Å². The van der Waals surface area contributed by atoms with Gasteiger partial charge < -0.3 is 19.3 Å². The maximum Gasteiger partial charge on any atom is 0.136 e. The van der Waals surface area contributed by atoms with Crippen molar-refractivity contribution in [3.05, 3.63) is 102 Å². The van der Waals surface area contributed by atoms with Crippen molar-refractivity contribution in [2.75, 3.05) is 6.61 Å². The zero-order valence-corrected chi connectivity index (χ0v) is 17.5. The highest BCUT2D eigenvalue weighted by atomic mass is 32.2. The lowest BCUT2D eigenvalue weighted by molar-refractivity contribution is -0.204. The highest BCUT2D eigenvalue weighted by Gasteiger charge is 2.42. The lowest BCUT2D eigenvalue weighted by atomic mass is 10.1. The monoisotopic (exact) mass is 422 g/mol. The average molecular weight is 423 g/mol. The minimum Gasteiger partial charge on any atom is -0.388 e. The highest BCUT2D eigenvalue weighted by molar-refractivity contribution is 7.99. The molecule has 4 atom stereocenters. The first-order valence-corrected chi connectivity index (χ1v) is 11.0. The van der Waals surface area contributed by atoms with Crippen LogP contribution in [0.1, 0.15) is 11.1 Å². The van der Waals surface area contributed by atoms with E-state index in [1.165, 1.54) is 0 Å². The predicted molar refractivity (Wildman–Crippen MR) is 118 cm³/mol.